The number of unbranched alkanes of at least 4 members (excludes halogenated alkanes) is 20. The van der Waals surface area contributed by atoms with Crippen molar-refractivity contribution in [2.45, 2.75) is 142 Å². The molecule has 0 heterocycles. The molecular formula is C31H54N2O3. The van der Waals surface area contributed by atoms with Gasteiger partial charge in [0.15, 0.2) is 0 Å². The molecule has 0 aromatic heterocycles. The number of urea groups is 1. The van der Waals surface area contributed by atoms with Crippen LogP contribution in [0.15, 0.2) is 24.3 Å². The number of imide groups is 1. The van der Waals surface area contributed by atoms with E-state index < -0.39 is 11.9 Å². The van der Waals surface area contributed by atoms with Gasteiger partial charge in [0.2, 0.25) is 0 Å². The lowest BCUT2D eigenvalue weighted by molar-refractivity contribution is 0.0964. The number of nitrogens with one attached hydrogen (secondary N) is 2. The van der Waals surface area contributed by atoms with Crippen LogP contribution in [0.25, 0.3) is 0 Å². The van der Waals surface area contributed by atoms with Crippen molar-refractivity contribution in [2.24, 2.45) is 0 Å². The van der Waals surface area contributed by atoms with Gasteiger partial charge in [0.1, 0.15) is 5.75 Å². The van der Waals surface area contributed by atoms with Gasteiger partial charge in [-0.25, -0.2) is 4.79 Å². The van der Waals surface area contributed by atoms with E-state index in [2.05, 4.69) is 17.6 Å². The van der Waals surface area contributed by atoms with Crippen molar-refractivity contribution in [1.82, 2.24) is 10.6 Å². The van der Waals surface area contributed by atoms with Crippen LogP contribution in [0.1, 0.15) is 152 Å². The van der Waals surface area contributed by atoms with Crippen LogP contribution in [-0.2, 0) is 0 Å². The summed E-state index contributed by atoms with van der Waals surface area (Å²) in [7, 11) is 0. The largest absolute Gasteiger partial charge is 0.508 e. The van der Waals surface area contributed by atoms with Gasteiger partial charge in [0, 0.05) is 12.1 Å². The number of benzene rings is 1. The van der Waals surface area contributed by atoms with E-state index in [1.165, 1.54) is 146 Å². The Morgan fingerprint density at radius 2 is 0.944 bits per heavy atom. The van der Waals surface area contributed by atoms with Gasteiger partial charge >= 0.3 is 6.03 Å². The normalized spacial score (nSPS) is 10.9. The van der Waals surface area contributed by atoms with E-state index in [0.29, 0.717) is 12.1 Å². The highest BCUT2D eigenvalue weighted by molar-refractivity contribution is 6.04. The second-order valence-corrected chi connectivity index (χ2v) is 10.3. The molecule has 0 atom stereocenters. The molecule has 3 amide bonds. The number of phenolic OH excluding ortho intramolecular Hbond substituents is 1. The third-order valence-corrected chi connectivity index (χ3v) is 6.92. The Labute approximate surface area is 221 Å². The minimum Gasteiger partial charge on any atom is -0.508 e. The van der Waals surface area contributed by atoms with Gasteiger partial charge in [-0.2, -0.15) is 0 Å². The summed E-state index contributed by atoms with van der Waals surface area (Å²) in [5.41, 5.74) is 0.344. The number of rotatable bonds is 23. The molecule has 1 aromatic carbocycles. The number of hydrogen-bond acceptors (Lipinski definition) is 3. The maximum absolute atomic E-state index is 11.9. The highest BCUT2D eigenvalue weighted by Crippen LogP contribution is 2.15. The zero-order chi connectivity index (χ0) is 26.1. The molecule has 0 aliphatic rings. The SMILES string of the molecule is CCCCCCCCCCCCCCCCCCCCCCCNC(=O)NC(=O)c1ccc(O)cc1. The zero-order valence-electron chi connectivity index (χ0n) is 23.1. The van der Waals surface area contributed by atoms with E-state index in [-0.39, 0.29) is 5.75 Å². The van der Waals surface area contributed by atoms with Gasteiger partial charge in [-0.1, -0.05) is 135 Å². The van der Waals surface area contributed by atoms with E-state index in [1.807, 2.05) is 0 Å². The molecule has 0 saturated heterocycles. The van der Waals surface area contributed by atoms with Crippen LogP contribution in [-0.4, -0.2) is 23.6 Å². The summed E-state index contributed by atoms with van der Waals surface area (Å²) in [4.78, 5) is 23.7. The predicted molar refractivity (Wildman–Crippen MR) is 152 cm³/mol. The van der Waals surface area contributed by atoms with Crippen LogP contribution >= 0.6 is 0 Å². The molecule has 36 heavy (non-hydrogen) atoms. The van der Waals surface area contributed by atoms with Crippen molar-refractivity contribution < 1.29 is 14.7 Å². The van der Waals surface area contributed by atoms with Crippen molar-refractivity contribution in [3.8, 4) is 5.75 Å². The molecular weight excluding hydrogens is 448 g/mol. The fraction of sp³-hybridized carbons (Fsp3) is 0.742. The second-order valence-electron chi connectivity index (χ2n) is 10.3. The van der Waals surface area contributed by atoms with Crippen LogP contribution in [0.5, 0.6) is 5.75 Å². The van der Waals surface area contributed by atoms with E-state index in [4.69, 9.17) is 0 Å². The molecule has 5 heteroatoms. The standard InChI is InChI=1S/C31H54N2O3/c1-2-3-4-5-6-7-8-9-10-11-12-13-14-15-16-17-18-19-20-21-22-27-32-31(36)33-30(35)28-23-25-29(34)26-24-28/h23-26,34H,2-22,27H2,1H3,(H2,32,33,35,36). The number of carbonyl (C=O) groups excluding carboxylic acids is 2. The van der Waals surface area contributed by atoms with E-state index >= 15 is 0 Å². The minimum atomic E-state index is -0.471. The van der Waals surface area contributed by atoms with Gasteiger partial charge in [0.05, 0.1) is 0 Å². The number of carbonyl (C=O) groups is 2. The summed E-state index contributed by atoms with van der Waals surface area (Å²) < 4.78 is 0. The lowest BCUT2D eigenvalue weighted by Gasteiger charge is -2.07. The lowest BCUT2D eigenvalue weighted by atomic mass is 10.0. The van der Waals surface area contributed by atoms with Gasteiger partial charge in [-0.05, 0) is 30.7 Å². The van der Waals surface area contributed by atoms with Gasteiger partial charge in [0.25, 0.3) is 5.91 Å². The number of aromatic hydroxyl groups is 1. The summed E-state index contributed by atoms with van der Waals surface area (Å²) in [6.45, 7) is 2.86. The first kappa shape index (κ1) is 32.0. The summed E-state index contributed by atoms with van der Waals surface area (Å²) in [6.07, 6.45) is 28.5. The van der Waals surface area contributed by atoms with Crippen LogP contribution in [0, 0.1) is 0 Å². The van der Waals surface area contributed by atoms with Gasteiger partial charge in [-0.3, -0.25) is 10.1 Å². The number of phenols is 1. The van der Waals surface area contributed by atoms with Crippen molar-refractivity contribution in [3.63, 3.8) is 0 Å². The van der Waals surface area contributed by atoms with Crippen LogP contribution in [0.4, 0.5) is 4.79 Å². The topological polar surface area (TPSA) is 78.4 Å². The first-order valence-corrected chi connectivity index (χ1v) is 15.0. The number of hydrogen-bond donors (Lipinski definition) is 3. The van der Waals surface area contributed by atoms with Crippen LogP contribution in [0.2, 0.25) is 0 Å². The highest BCUT2D eigenvalue weighted by atomic mass is 16.3. The Morgan fingerprint density at radius 3 is 1.33 bits per heavy atom. The Balaban J connectivity index is 1.76. The first-order chi connectivity index (χ1) is 17.6. The fourth-order valence-electron chi connectivity index (χ4n) is 4.59. The van der Waals surface area contributed by atoms with E-state index in [9.17, 15) is 14.7 Å². The first-order valence-electron chi connectivity index (χ1n) is 15.0. The third-order valence-electron chi connectivity index (χ3n) is 6.92. The van der Waals surface area contributed by atoms with E-state index in [1.54, 1.807) is 0 Å². The van der Waals surface area contributed by atoms with Crippen molar-refractivity contribution in [3.05, 3.63) is 29.8 Å². The van der Waals surface area contributed by atoms with Crippen molar-refractivity contribution >= 4 is 11.9 Å². The average Bonchev–Trinajstić information content (AvgIpc) is 2.87. The maximum atomic E-state index is 11.9. The molecule has 0 radical (unpaired) electrons. The summed E-state index contributed by atoms with van der Waals surface area (Å²) in [6, 6.07) is 5.34. The Hall–Kier alpha value is -2.04. The zero-order valence-corrected chi connectivity index (χ0v) is 23.1. The molecule has 206 valence electrons. The fourth-order valence-corrected chi connectivity index (χ4v) is 4.59. The van der Waals surface area contributed by atoms with Crippen LogP contribution in [0.3, 0.4) is 0 Å². The predicted octanol–water partition coefficient (Wildman–Crippen LogP) is 9.04. The monoisotopic (exact) mass is 502 g/mol. The molecule has 0 spiro atoms. The smallest absolute Gasteiger partial charge is 0.321 e. The second kappa shape index (κ2) is 23.4. The quantitative estimate of drug-likeness (QED) is 0.131. The molecule has 0 unspecified atom stereocenters. The lowest BCUT2D eigenvalue weighted by Crippen LogP contribution is -2.39. The van der Waals surface area contributed by atoms with Crippen molar-refractivity contribution in [1.29, 1.82) is 0 Å². The Kier molecular flexibility index (Phi) is 20.8. The Bertz CT molecular complexity index is 660. The molecule has 5 nitrogen and oxygen atoms in total. The van der Waals surface area contributed by atoms with E-state index in [0.717, 1.165) is 12.8 Å². The minimum absolute atomic E-state index is 0.0887. The Morgan fingerprint density at radius 1 is 0.583 bits per heavy atom. The summed E-state index contributed by atoms with van der Waals surface area (Å²) in [5, 5.41) is 14.3. The average molecular weight is 503 g/mol. The van der Waals surface area contributed by atoms with Gasteiger partial charge in [-0.15, -0.1) is 0 Å². The molecule has 0 bridgehead atoms. The van der Waals surface area contributed by atoms with Crippen LogP contribution < -0.4 is 10.6 Å². The maximum Gasteiger partial charge on any atom is 0.321 e. The molecule has 0 aliphatic carbocycles. The van der Waals surface area contributed by atoms with Crippen molar-refractivity contribution in [2.75, 3.05) is 6.54 Å². The third kappa shape index (κ3) is 19.2. The molecule has 3 N–H and O–H groups in total. The summed E-state index contributed by atoms with van der Waals surface area (Å²) >= 11 is 0. The van der Waals surface area contributed by atoms with Gasteiger partial charge < -0.3 is 10.4 Å². The number of amides is 3. The molecule has 1 rings (SSSR count). The molecule has 0 saturated carbocycles. The molecule has 1 aromatic rings. The summed E-state index contributed by atoms with van der Waals surface area (Å²) in [5.74, 6) is -0.378. The highest BCUT2D eigenvalue weighted by Gasteiger charge is 2.09. The molecule has 0 fully saturated rings. The molecule has 0 aliphatic heterocycles.